The van der Waals surface area contributed by atoms with E-state index < -0.39 is 0 Å². The average molecular weight is 293 g/mol. The maximum Gasteiger partial charge on any atom is 0.226 e. The van der Waals surface area contributed by atoms with Crippen LogP contribution in [-0.2, 0) is 6.42 Å². The Morgan fingerprint density at radius 3 is 2.35 bits per heavy atom. The number of nitrogens with zero attached hydrogens (tertiary/aromatic N) is 2. The minimum absolute atomic E-state index is 0.437. The Morgan fingerprint density at radius 1 is 1.10 bits per heavy atom. The van der Waals surface area contributed by atoms with E-state index in [1.165, 1.54) is 0 Å². The molecule has 0 bridgehead atoms. The van der Waals surface area contributed by atoms with Gasteiger partial charge in [0.15, 0.2) is 0 Å². The van der Waals surface area contributed by atoms with Gasteiger partial charge >= 0.3 is 0 Å². The van der Waals surface area contributed by atoms with Crippen LogP contribution in [0.5, 0.6) is 17.4 Å². The monoisotopic (exact) mass is 292 g/mol. The number of methoxy groups -OCH3 is 1. The predicted octanol–water partition coefficient (Wildman–Crippen LogP) is 4.19. The summed E-state index contributed by atoms with van der Waals surface area (Å²) in [6, 6.07) is 7.32. The topological polar surface area (TPSA) is 44.2 Å². The molecule has 0 amide bonds. The van der Waals surface area contributed by atoms with E-state index in [0.717, 1.165) is 24.2 Å². The van der Waals surface area contributed by atoms with Gasteiger partial charge in [-0.25, -0.2) is 4.98 Å². The molecule has 0 unspecified atom stereocenters. The maximum absolute atomic E-state index is 6.12. The van der Waals surface area contributed by atoms with Gasteiger partial charge in [-0.15, -0.1) is 0 Å². The van der Waals surface area contributed by atoms with Crippen LogP contribution >= 0.6 is 11.6 Å². The van der Waals surface area contributed by atoms with Crippen LogP contribution in [0.15, 0.2) is 24.3 Å². The summed E-state index contributed by atoms with van der Waals surface area (Å²) < 4.78 is 10.9. The van der Waals surface area contributed by atoms with E-state index >= 15 is 0 Å². The summed E-state index contributed by atoms with van der Waals surface area (Å²) in [5, 5.41) is 0.437. The van der Waals surface area contributed by atoms with E-state index in [4.69, 9.17) is 21.1 Å². The Morgan fingerprint density at radius 2 is 1.75 bits per heavy atom. The second-order valence-corrected chi connectivity index (χ2v) is 4.75. The standard InChI is InChI=1S/C15H17ClN2O2/c1-4-5-13-17-14(16)10(2)15(18-13)20-12-8-6-11(19-3)7-9-12/h6-9H,4-5H2,1-3H3. The lowest BCUT2D eigenvalue weighted by Crippen LogP contribution is -2.01. The summed E-state index contributed by atoms with van der Waals surface area (Å²) in [4.78, 5) is 8.66. The van der Waals surface area contributed by atoms with Gasteiger partial charge < -0.3 is 9.47 Å². The number of halogens is 1. The van der Waals surface area contributed by atoms with Crippen molar-refractivity contribution < 1.29 is 9.47 Å². The minimum Gasteiger partial charge on any atom is -0.497 e. The number of hydrogen-bond donors (Lipinski definition) is 0. The van der Waals surface area contributed by atoms with E-state index in [2.05, 4.69) is 16.9 Å². The highest BCUT2D eigenvalue weighted by Gasteiger charge is 2.11. The summed E-state index contributed by atoms with van der Waals surface area (Å²) in [7, 11) is 1.63. The van der Waals surface area contributed by atoms with Crippen molar-refractivity contribution in [2.75, 3.05) is 7.11 Å². The van der Waals surface area contributed by atoms with E-state index in [-0.39, 0.29) is 0 Å². The first-order valence-electron chi connectivity index (χ1n) is 6.49. The van der Waals surface area contributed by atoms with Crippen molar-refractivity contribution in [1.82, 2.24) is 9.97 Å². The summed E-state index contributed by atoms with van der Waals surface area (Å²) in [5.74, 6) is 2.66. The SMILES string of the molecule is CCCc1nc(Cl)c(C)c(Oc2ccc(OC)cc2)n1. The fraction of sp³-hybridized carbons (Fsp3) is 0.333. The van der Waals surface area contributed by atoms with Gasteiger partial charge in [0.25, 0.3) is 0 Å². The van der Waals surface area contributed by atoms with Crippen molar-refractivity contribution in [3.05, 3.63) is 40.8 Å². The van der Waals surface area contributed by atoms with Crippen molar-refractivity contribution in [2.24, 2.45) is 0 Å². The number of aromatic nitrogens is 2. The first kappa shape index (κ1) is 14.6. The van der Waals surface area contributed by atoms with Gasteiger partial charge in [0.1, 0.15) is 22.5 Å². The van der Waals surface area contributed by atoms with E-state index in [1.807, 2.05) is 31.2 Å². The van der Waals surface area contributed by atoms with Crippen molar-refractivity contribution in [3.63, 3.8) is 0 Å². The molecule has 0 N–H and O–H groups in total. The Bertz CT molecular complexity index is 585. The van der Waals surface area contributed by atoms with Crippen LogP contribution in [-0.4, -0.2) is 17.1 Å². The van der Waals surface area contributed by atoms with Crippen LogP contribution in [0.3, 0.4) is 0 Å². The van der Waals surface area contributed by atoms with Crippen LogP contribution in [0.1, 0.15) is 24.7 Å². The van der Waals surface area contributed by atoms with Crippen LogP contribution in [0, 0.1) is 6.92 Å². The molecule has 5 heteroatoms. The van der Waals surface area contributed by atoms with Gasteiger partial charge in [0.05, 0.1) is 7.11 Å². The van der Waals surface area contributed by atoms with Crippen molar-refractivity contribution >= 4 is 11.6 Å². The molecule has 106 valence electrons. The van der Waals surface area contributed by atoms with Gasteiger partial charge in [0.2, 0.25) is 5.88 Å². The molecule has 0 radical (unpaired) electrons. The first-order valence-corrected chi connectivity index (χ1v) is 6.86. The molecule has 0 aliphatic carbocycles. The number of benzene rings is 1. The van der Waals surface area contributed by atoms with Gasteiger partial charge in [-0.1, -0.05) is 18.5 Å². The van der Waals surface area contributed by atoms with Crippen LogP contribution in [0.4, 0.5) is 0 Å². The lowest BCUT2D eigenvalue weighted by Gasteiger charge is -2.10. The molecule has 0 fully saturated rings. The maximum atomic E-state index is 6.12. The lowest BCUT2D eigenvalue weighted by molar-refractivity contribution is 0.411. The first-order chi connectivity index (χ1) is 9.63. The Hall–Kier alpha value is -1.81. The third kappa shape index (κ3) is 3.39. The Labute approximate surface area is 123 Å². The van der Waals surface area contributed by atoms with Gasteiger partial charge in [-0.3, -0.25) is 0 Å². The zero-order chi connectivity index (χ0) is 14.5. The van der Waals surface area contributed by atoms with Crippen molar-refractivity contribution in [3.8, 4) is 17.4 Å². The molecule has 4 nitrogen and oxygen atoms in total. The second-order valence-electron chi connectivity index (χ2n) is 4.39. The quantitative estimate of drug-likeness (QED) is 0.775. The second kappa shape index (κ2) is 6.57. The Kier molecular flexibility index (Phi) is 4.79. The predicted molar refractivity (Wildman–Crippen MR) is 78.8 cm³/mol. The zero-order valence-electron chi connectivity index (χ0n) is 11.8. The molecule has 0 spiro atoms. The van der Waals surface area contributed by atoms with E-state index in [0.29, 0.717) is 22.6 Å². The number of aryl methyl sites for hydroxylation is 1. The summed E-state index contributed by atoms with van der Waals surface area (Å²) in [5.41, 5.74) is 0.738. The molecule has 20 heavy (non-hydrogen) atoms. The molecule has 2 aromatic rings. The molecule has 0 aliphatic heterocycles. The molecule has 0 saturated heterocycles. The molecule has 1 heterocycles. The number of ether oxygens (including phenoxy) is 2. The summed E-state index contributed by atoms with van der Waals surface area (Å²) >= 11 is 6.12. The van der Waals surface area contributed by atoms with Gasteiger partial charge in [-0.05, 0) is 37.6 Å². The third-order valence-corrected chi connectivity index (χ3v) is 3.20. The van der Waals surface area contributed by atoms with Crippen molar-refractivity contribution in [2.45, 2.75) is 26.7 Å². The zero-order valence-corrected chi connectivity index (χ0v) is 12.6. The largest absolute Gasteiger partial charge is 0.497 e. The van der Waals surface area contributed by atoms with E-state index in [9.17, 15) is 0 Å². The molecule has 0 aliphatic rings. The number of hydrogen-bond acceptors (Lipinski definition) is 4. The van der Waals surface area contributed by atoms with E-state index in [1.54, 1.807) is 7.11 Å². The molecule has 2 rings (SSSR count). The highest BCUT2D eigenvalue weighted by atomic mass is 35.5. The molecule has 0 atom stereocenters. The highest BCUT2D eigenvalue weighted by Crippen LogP contribution is 2.28. The molecular formula is C15H17ClN2O2. The molecule has 1 aromatic carbocycles. The molecular weight excluding hydrogens is 276 g/mol. The van der Waals surface area contributed by atoms with Crippen LogP contribution in [0.2, 0.25) is 5.15 Å². The van der Waals surface area contributed by atoms with Gasteiger partial charge in [-0.2, -0.15) is 4.98 Å². The normalized spacial score (nSPS) is 10.4. The summed E-state index contributed by atoms with van der Waals surface area (Å²) in [6.45, 7) is 3.91. The average Bonchev–Trinajstić information content (AvgIpc) is 2.45. The van der Waals surface area contributed by atoms with Crippen molar-refractivity contribution in [1.29, 1.82) is 0 Å². The Balaban J connectivity index is 2.26. The fourth-order valence-electron chi connectivity index (χ4n) is 1.70. The van der Waals surface area contributed by atoms with Crippen LogP contribution in [0.25, 0.3) is 0 Å². The minimum atomic E-state index is 0.437. The molecule has 0 saturated carbocycles. The smallest absolute Gasteiger partial charge is 0.226 e. The summed E-state index contributed by atoms with van der Waals surface area (Å²) in [6.07, 6.45) is 1.74. The molecule has 1 aromatic heterocycles. The number of rotatable bonds is 5. The third-order valence-electron chi connectivity index (χ3n) is 2.84. The highest BCUT2D eigenvalue weighted by molar-refractivity contribution is 6.30. The fourth-order valence-corrected chi connectivity index (χ4v) is 1.88. The lowest BCUT2D eigenvalue weighted by atomic mass is 10.3. The van der Waals surface area contributed by atoms with Gasteiger partial charge in [0, 0.05) is 12.0 Å². The van der Waals surface area contributed by atoms with Crippen LogP contribution < -0.4 is 9.47 Å².